The van der Waals surface area contributed by atoms with E-state index in [1.807, 2.05) is 0 Å². The lowest BCUT2D eigenvalue weighted by molar-refractivity contribution is 0.241. The molecule has 1 rings (SSSR count). The normalized spacial score (nSPS) is 26.9. The van der Waals surface area contributed by atoms with Crippen molar-refractivity contribution in [3.8, 4) is 6.07 Å². The van der Waals surface area contributed by atoms with Crippen LogP contribution in [0.15, 0.2) is 0 Å². The summed E-state index contributed by atoms with van der Waals surface area (Å²) >= 11 is 0. The predicted octanol–water partition coefficient (Wildman–Crippen LogP) is 2.02. The molecule has 0 aliphatic carbocycles. The third kappa shape index (κ3) is 2.49. The van der Waals surface area contributed by atoms with Gasteiger partial charge < -0.3 is 4.90 Å². The number of nitriles is 1. The lowest BCUT2D eigenvalue weighted by atomic mass is 10.1. The predicted molar refractivity (Wildman–Crippen MR) is 49.7 cm³/mol. The maximum absolute atomic E-state index is 8.44. The van der Waals surface area contributed by atoms with Gasteiger partial charge in [0.15, 0.2) is 0 Å². The highest BCUT2D eigenvalue weighted by molar-refractivity contribution is 4.80. The molecular formula is C10H18N2. The first-order valence-corrected chi connectivity index (χ1v) is 4.85. The Balaban J connectivity index is 2.24. The fraction of sp³-hybridized carbons (Fsp3) is 0.900. The average molecular weight is 166 g/mol. The second kappa shape index (κ2) is 4.47. The first kappa shape index (κ1) is 9.54. The molecule has 2 heteroatoms. The number of hydrogen-bond donors (Lipinski definition) is 0. The van der Waals surface area contributed by atoms with Crippen LogP contribution < -0.4 is 0 Å². The molecule has 0 radical (unpaired) electrons. The molecule has 1 fully saturated rings. The molecule has 0 bridgehead atoms. The maximum atomic E-state index is 8.44. The van der Waals surface area contributed by atoms with Crippen LogP contribution in [0.2, 0.25) is 0 Å². The van der Waals surface area contributed by atoms with Crippen LogP contribution in [0.25, 0.3) is 0 Å². The van der Waals surface area contributed by atoms with Crippen molar-refractivity contribution in [1.29, 1.82) is 5.26 Å². The van der Waals surface area contributed by atoms with Crippen LogP contribution in [-0.4, -0.2) is 24.0 Å². The van der Waals surface area contributed by atoms with E-state index < -0.39 is 0 Å². The molecule has 0 spiro atoms. The van der Waals surface area contributed by atoms with Crippen LogP contribution in [-0.2, 0) is 0 Å². The second-order valence-corrected chi connectivity index (χ2v) is 3.93. The van der Waals surface area contributed by atoms with Gasteiger partial charge in [-0.2, -0.15) is 5.26 Å². The SMILES string of the molecule is CC1CCN(C(C)CCC#N)C1. The molecule has 12 heavy (non-hydrogen) atoms. The molecule has 0 aromatic rings. The maximum Gasteiger partial charge on any atom is 0.0622 e. The molecule has 2 unspecified atom stereocenters. The summed E-state index contributed by atoms with van der Waals surface area (Å²) in [5.74, 6) is 0.856. The summed E-state index contributed by atoms with van der Waals surface area (Å²) in [4.78, 5) is 2.50. The number of likely N-dealkylation sites (tertiary alicyclic amines) is 1. The third-order valence-electron chi connectivity index (χ3n) is 2.75. The minimum Gasteiger partial charge on any atom is -0.300 e. The lowest BCUT2D eigenvalue weighted by Gasteiger charge is -2.22. The number of rotatable bonds is 3. The zero-order chi connectivity index (χ0) is 8.97. The fourth-order valence-corrected chi connectivity index (χ4v) is 1.83. The molecule has 0 amide bonds. The average Bonchev–Trinajstić information content (AvgIpc) is 2.47. The van der Waals surface area contributed by atoms with Crippen LogP contribution in [0.1, 0.15) is 33.1 Å². The molecule has 1 aliphatic rings. The van der Waals surface area contributed by atoms with Gasteiger partial charge >= 0.3 is 0 Å². The van der Waals surface area contributed by atoms with Gasteiger partial charge in [-0.25, -0.2) is 0 Å². The topological polar surface area (TPSA) is 27.0 Å². The molecule has 1 heterocycles. The van der Waals surface area contributed by atoms with E-state index in [1.54, 1.807) is 0 Å². The summed E-state index contributed by atoms with van der Waals surface area (Å²) in [6.45, 7) is 6.99. The molecular weight excluding hydrogens is 148 g/mol. The van der Waals surface area contributed by atoms with Crippen LogP contribution in [0.3, 0.4) is 0 Å². The molecule has 0 saturated carbocycles. The monoisotopic (exact) mass is 166 g/mol. The van der Waals surface area contributed by atoms with E-state index in [2.05, 4.69) is 24.8 Å². The summed E-state index contributed by atoms with van der Waals surface area (Å²) in [7, 11) is 0. The van der Waals surface area contributed by atoms with Crippen molar-refractivity contribution in [3.63, 3.8) is 0 Å². The van der Waals surface area contributed by atoms with E-state index in [4.69, 9.17) is 5.26 Å². The molecule has 68 valence electrons. The van der Waals surface area contributed by atoms with Gasteiger partial charge in [-0.15, -0.1) is 0 Å². The molecule has 1 aliphatic heterocycles. The third-order valence-corrected chi connectivity index (χ3v) is 2.75. The van der Waals surface area contributed by atoms with E-state index in [-0.39, 0.29) is 0 Å². The fourth-order valence-electron chi connectivity index (χ4n) is 1.83. The van der Waals surface area contributed by atoms with Gasteiger partial charge in [-0.1, -0.05) is 6.92 Å². The summed E-state index contributed by atoms with van der Waals surface area (Å²) in [5, 5.41) is 8.44. The number of hydrogen-bond acceptors (Lipinski definition) is 2. The summed E-state index contributed by atoms with van der Waals surface area (Å²) in [5.41, 5.74) is 0. The van der Waals surface area contributed by atoms with Crippen molar-refractivity contribution in [2.24, 2.45) is 5.92 Å². The quantitative estimate of drug-likeness (QED) is 0.641. The Labute approximate surface area is 75.2 Å². The zero-order valence-corrected chi connectivity index (χ0v) is 8.08. The van der Waals surface area contributed by atoms with Crippen molar-refractivity contribution in [1.82, 2.24) is 4.90 Å². The van der Waals surface area contributed by atoms with E-state index in [1.165, 1.54) is 19.5 Å². The van der Waals surface area contributed by atoms with Gasteiger partial charge in [0.2, 0.25) is 0 Å². The largest absolute Gasteiger partial charge is 0.300 e. The van der Waals surface area contributed by atoms with Gasteiger partial charge in [0.25, 0.3) is 0 Å². The van der Waals surface area contributed by atoms with Crippen LogP contribution in [0.4, 0.5) is 0 Å². The summed E-state index contributed by atoms with van der Waals surface area (Å²) < 4.78 is 0. The van der Waals surface area contributed by atoms with E-state index in [0.29, 0.717) is 12.5 Å². The first-order chi connectivity index (χ1) is 5.74. The van der Waals surface area contributed by atoms with Crippen LogP contribution in [0, 0.1) is 17.2 Å². The minimum absolute atomic E-state index is 0.606. The summed E-state index contributed by atoms with van der Waals surface area (Å²) in [6.07, 6.45) is 3.06. The van der Waals surface area contributed by atoms with Crippen molar-refractivity contribution in [2.75, 3.05) is 13.1 Å². The Morgan fingerprint density at radius 3 is 2.92 bits per heavy atom. The van der Waals surface area contributed by atoms with Crippen LogP contribution in [0.5, 0.6) is 0 Å². The zero-order valence-electron chi connectivity index (χ0n) is 8.08. The van der Waals surface area contributed by atoms with Gasteiger partial charge in [-0.3, -0.25) is 0 Å². The Hall–Kier alpha value is -0.550. The Morgan fingerprint density at radius 2 is 2.42 bits per heavy atom. The Kier molecular flexibility index (Phi) is 3.55. The van der Waals surface area contributed by atoms with Crippen molar-refractivity contribution >= 4 is 0 Å². The smallest absolute Gasteiger partial charge is 0.0622 e. The molecule has 0 aromatic carbocycles. The van der Waals surface area contributed by atoms with Gasteiger partial charge in [0.1, 0.15) is 0 Å². The highest BCUT2D eigenvalue weighted by Gasteiger charge is 2.22. The molecule has 2 atom stereocenters. The van der Waals surface area contributed by atoms with Crippen LogP contribution >= 0.6 is 0 Å². The van der Waals surface area contributed by atoms with E-state index in [9.17, 15) is 0 Å². The minimum atomic E-state index is 0.606. The Bertz CT molecular complexity index is 171. The molecule has 1 saturated heterocycles. The van der Waals surface area contributed by atoms with Crippen molar-refractivity contribution < 1.29 is 0 Å². The molecule has 0 aromatic heterocycles. The highest BCUT2D eigenvalue weighted by Crippen LogP contribution is 2.19. The van der Waals surface area contributed by atoms with Gasteiger partial charge in [-0.05, 0) is 32.2 Å². The van der Waals surface area contributed by atoms with Crippen molar-refractivity contribution in [2.45, 2.75) is 39.2 Å². The highest BCUT2D eigenvalue weighted by atomic mass is 15.2. The number of nitrogens with zero attached hydrogens (tertiary/aromatic N) is 2. The first-order valence-electron chi connectivity index (χ1n) is 4.85. The van der Waals surface area contributed by atoms with Crippen molar-refractivity contribution in [3.05, 3.63) is 0 Å². The molecule has 0 N–H and O–H groups in total. The molecule has 2 nitrogen and oxygen atoms in total. The van der Waals surface area contributed by atoms with E-state index in [0.717, 1.165) is 12.3 Å². The lowest BCUT2D eigenvalue weighted by Crippen LogP contribution is -2.30. The van der Waals surface area contributed by atoms with E-state index >= 15 is 0 Å². The summed E-state index contributed by atoms with van der Waals surface area (Å²) in [6, 6.07) is 2.81. The Morgan fingerprint density at radius 1 is 1.67 bits per heavy atom. The second-order valence-electron chi connectivity index (χ2n) is 3.93. The van der Waals surface area contributed by atoms with Gasteiger partial charge in [0, 0.05) is 19.0 Å². The standard InChI is InChI=1S/C10H18N2/c1-9-5-7-12(8-9)10(2)4-3-6-11/h9-10H,3-5,7-8H2,1-2H3. The van der Waals surface area contributed by atoms with Gasteiger partial charge in [0.05, 0.1) is 6.07 Å².